The predicted molar refractivity (Wildman–Crippen MR) is 89.5 cm³/mol. The largest absolute Gasteiger partial charge is 0.483 e. The maximum absolute atomic E-state index is 6.12. The third-order valence-corrected chi connectivity index (χ3v) is 3.38. The van der Waals surface area contributed by atoms with Crippen LogP contribution >= 0.6 is 15.9 Å². The highest BCUT2D eigenvalue weighted by Gasteiger charge is 2.17. The molecular weight excluding hydrogens is 328 g/mol. The summed E-state index contributed by atoms with van der Waals surface area (Å²) in [7, 11) is 0. The van der Waals surface area contributed by atoms with Crippen LogP contribution in [-0.2, 0) is 0 Å². The van der Waals surface area contributed by atoms with E-state index >= 15 is 0 Å². The number of hydrogen-bond donors (Lipinski definition) is 1. The average molecular weight is 349 g/mol. The lowest BCUT2D eigenvalue weighted by Gasteiger charge is -2.26. The molecule has 0 saturated heterocycles. The number of nitrogens with one attached hydrogen (secondary N) is 1. The SMILES string of the molecule is CC(C)(C)NCC(Oc1cncc(Br)c1)c1ccccc1. The van der Waals surface area contributed by atoms with Crippen LogP contribution in [0.4, 0.5) is 0 Å². The standard InChI is InChI=1S/C17H21BrN2O/c1-17(2,3)20-12-16(13-7-5-4-6-8-13)21-15-9-14(18)10-19-11-15/h4-11,16,20H,12H2,1-3H3. The van der Waals surface area contributed by atoms with E-state index in [-0.39, 0.29) is 11.6 Å². The molecule has 0 saturated carbocycles. The molecule has 1 aromatic heterocycles. The molecule has 0 aliphatic heterocycles. The number of halogens is 1. The number of pyridine rings is 1. The summed E-state index contributed by atoms with van der Waals surface area (Å²) in [6, 6.07) is 12.2. The van der Waals surface area contributed by atoms with Gasteiger partial charge in [-0.1, -0.05) is 30.3 Å². The molecule has 1 heterocycles. The van der Waals surface area contributed by atoms with Gasteiger partial charge in [0, 0.05) is 22.8 Å². The minimum Gasteiger partial charge on any atom is -0.483 e. The lowest BCUT2D eigenvalue weighted by Crippen LogP contribution is -2.39. The Morgan fingerprint density at radius 2 is 1.90 bits per heavy atom. The lowest BCUT2D eigenvalue weighted by atomic mass is 10.1. The van der Waals surface area contributed by atoms with E-state index in [1.807, 2.05) is 24.3 Å². The van der Waals surface area contributed by atoms with Gasteiger partial charge in [0.25, 0.3) is 0 Å². The van der Waals surface area contributed by atoms with Crippen molar-refractivity contribution in [3.05, 3.63) is 58.8 Å². The van der Waals surface area contributed by atoms with Crippen molar-refractivity contribution in [3.8, 4) is 5.75 Å². The van der Waals surface area contributed by atoms with Gasteiger partial charge in [0.2, 0.25) is 0 Å². The molecular formula is C17H21BrN2O. The minimum atomic E-state index is -0.0541. The molecule has 1 atom stereocenters. The van der Waals surface area contributed by atoms with Crippen LogP contribution < -0.4 is 10.1 Å². The van der Waals surface area contributed by atoms with Crippen molar-refractivity contribution in [2.24, 2.45) is 0 Å². The molecule has 112 valence electrons. The van der Waals surface area contributed by atoms with E-state index in [2.05, 4.69) is 59.1 Å². The molecule has 0 aliphatic carbocycles. The zero-order chi connectivity index (χ0) is 15.3. The van der Waals surface area contributed by atoms with Crippen LogP contribution in [0.3, 0.4) is 0 Å². The van der Waals surface area contributed by atoms with Crippen molar-refractivity contribution in [1.29, 1.82) is 0 Å². The number of hydrogen-bond acceptors (Lipinski definition) is 3. The Balaban J connectivity index is 2.16. The molecule has 2 rings (SSSR count). The highest BCUT2D eigenvalue weighted by Crippen LogP contribution is 2.23. The van der Waals surface area contributed by atoms with Crippen LogP contribution in [0, 0.1) is 0 Å². The van der Waals surface area contributed by atoms with Crippen molar-refractivity contribution < 1.29 is 4.74 Å². The number of benzene rings is 1. The smallest absolute Gasteiger partial charge is 0.139 e. The summed E-state index contributed by atoms with van der Waals surface area (Å²) < 4.78 is 7.03. The van der Waals surface area contributed by atoms with Gasteiger partial charge >= 0.3 is 0 Å². The fourth-order valence-corrected chi connectivity index (χ4v) is 2.26. The van der Waals surface area contributed by atoms with Crippen molar-refractivity contribution in [3.63, 3.8) is 0 Å². The van der Waals surface area contributed by atoms with E-state index in [9.17, 15) is 0 Å². The molecule has 2 aromatic rings. The Hall–Kier alpha value is -1.39. The van der Waals surface area contributed by atoms with Gasteiger partial charge in [0.05, 0.1) is 6.20 Å². The van der Waals surface area contributed by atoms with Gasteiger partial charge in [-0.15, -0.1) is 0 Å². The molecule has 0 bridgehead atoms. The first-order valence-electron chi connectivity index (χ1n) is 7.01. The van der Waals surface area contributed by atoms with Crippen molar-refractivity contribution in [2.45, 2.75) is 32.4 Å². The first-order valence-corrected chi connectivity index (χ1v) is 7.80. The minimum absolute atomic E-state index is 0.0475. The summed E-state index contributed by atoms with van der Waals surface area (Å²) in [5.41, 5.74) is 1.19. The van der Waals surface area contributed by atoms with Gasteiger partial charge < -0.3 is 10.1 Å². The van der Waals surface area contributed by atoms with E-state index < -0.39 is 0 Å². The molecule has 0 radical (unpaired) electrons. The van der Waals surface area contributed by atoms with Crippen molar-refractivity contribution in [1.82, 2.24) is 10.3 Å². The van der Waals surface area contributed by atoms with Gasteiger partial charge in [-0.2, -0.15) is 0 Å². The summed E-state index contributed by atoms with van der Waals surface area (Å²) >= 11 is 3.42. The van der Waals surface area contributed by atoms with E-state index in [0.717, 1.165) is 22.3 Å². The molecule has 4 heteroatoms. The monoisotopic (exact) mass is 348 g/mol. The number of aromatic nitrogens is 1. The predicted octanol–water partition coefficient (Wildman–Crippen LogP) is 4.35. The zero-order valence-corrected chi connectivity index (χ0v) is 14.2. The van der Waals surface area contributed by atoms with E-state index in [1.54, 1.807) is 12.4 Å². The fraction of sp³-hybridized carbons (Fsp3) is 0.353. The molecule has 0 fully saturated rings. The Bertz CT molecular complexity index is 567. The van der Waals surface area contributed by atoms with E-state index in [0.29, 0.717) is 0 Å². The second kappa shape index (κ2) is 7.05. The Kier molecular flexibility index (Phi) is 5.37. The third-order valence-electron chi connectivity index (χ3n) is 2.95. The van der Waals surface area contributed by atoms with Gasteiger partial charge in [0.15, 0.2) is 0 Å². The second-order valence-corrected chi connectivity index (χ2v) is 6.90. The molecule has 1 aromatic carbocycles. The van der Waals surface area contributed by atoms with Crippen LogP contribution in [0.25, 0.3) is 0 Å². The summed E-state index contributed by atoms with van der Waals surface area (Å²) in [6.45, 7) is 7.18. The maximum Gasteiger partial charge on any atom is 0.139 e. The average Bonchev–Trinajstić information content (AvgIpc) is 2.43. The maximum atomic E-state index is 6.12. The number of ether oxygens (including phenoxy) is 1. The normalized spacial score (nSPS) is 13.0. The summed E-state index contributed by atoms with van der Waals surface area (Å²) in [5.74, 6) is 0.758. The molecule has 3 nitrogen and oxygen atoms in total. The Morgan fingerprint density at radius 1 is 1.19 bits per heavy atom. The summed E-state index contributed by atoms with van der Waals surface area (Å²) in [5, 5.41) is 3.50. The Labute approximate surface area is 134 Å². The Morgan fingerprint density at radius 3 is 2.52 bits per heavy atom. The lowest BCUT2D eigenvalue weighted by molar-refractivity contribution is 0.188. The highest BCUT2D eigenvalue weighted by molar-refractivity contribution is 9.10. The number of nitrogens with zero attached hydrogens (tertiary/aromatic N) is 1. The quantitative estimate of drug-likeness (QED) is 0.871. The van der Waals surface area contributed by atoms with Crippen molar-refractivity contribution >= 4 is 15.9 Å². The molecule has 21 heavy (non-hydrogen) atoms. The van der Waals surface area contributed by atoms with Gasteiger partial charge in [-0.05, 0) is 48.3 Å². The van der Waals surface area contributed by atoms with E-state index in [4.69, 9.17) is 4.74 Å². The summed E-state index contributed by atoms with van der Waals surface area (Å²) in [6.07, 6.45) is 3.43. The number of rotatable bonds is 5. The second-order valence-electron chi connectivity index (χ2n) is 5.99. The molecule has 0 spiro atoms. The van der Waals surface area contributed by atoms with E-state index in [1.165, 1.54) is 0 Å². The van der Waals surface area contributed by atoms with Crippen LogP contribution in [0.1, 0.15) is 32.4 Å². The molecule has 1 N–H and O–H groups in total. The van der Waals surface area contributed by atoms with Crippen LogP contribution in [0.2, 0.25) is 0 Å². The highest BCUT2D eigenvalue weighted by atomic mass is 79.9. The first kappa shape index (κ1) is 16.0. The molecule has 1 unspecified atom stereocenters. The van der Waals surface area contributed by atoms with Crippen LogP contribution in [-0.4, -0.2) is 17.1 Å². The third kappa shape index (κ3) is 5.48. The zero-order valence-electron chi connectivity index (χ0n) is 12.6. The van der Waals surface area contributed by atoms with Crippen LogP contribution in [0.5, 0.6) is 5.75 Å². The first-order chi connectivity index (χ1) is 9.94. The van der Waals surface area contributed by atoms with Gasteiger partial charge in [0.1, 0.15) is 11.9 Å². The van der Waals surface area contributed by atoms with Crippen LogP contribution in [0.15, 0.2) is 53.3 Å². The molecule has 0 amide bonds. The van der Waals surface area contributed by atoms with Gasteiger partial charge in [-0.25, -0.2) is 0 Å². The molecule has 0 aliphatic rings. The van der Waals surface area contributed by atoms with Gasteiger partial charge in [-0.3, -0.25) is 4.98 Å². The summed E-state index contributed by atoms with van der Waals surface area (Å²) in [4.78, 5) is 4.15. The fourth-order valence-electron chi connectivity index (χ4n) is 1.92. The topological polar surface area (TPSA) is 34.1 Å². The van der Waals surface area contributed by atoms with Crippen molar-refractivity contribution in [2.75, 3.05) is 6.54 Å².